The number of carbonyl (C=O) groups is 2. The van der Waals surface area contributed by atoms with Crippen molar-refractivity contribution in [1.29, 1.82) is 0 Å². The van der Waals surface area contributed by atoms with Gasteiger partial charge in [0.1, 0.15) is 10.6 Å². The van der Waals surface area contributed by atoms with E-state index in [0.717, 1.165) is 6.42 Å². The predicted molar refractivity (Wildman–Crippen MR) is 98.0 cm³/mol. The van der Waals surface area contributed by atoms with Crippen LogP contribution in [0.5, 0.6) is 5.75 Å². The zero-order valence-corrected chi connectivity index (χ0v) is 15.7. The Morgan fingerprint density at radius 2 is 1.92 bits per heavy atom. The highest BCUT2D eigenvalue weighted by Gasteiger charge is 2.31. The molecule has 0 radical (unpaired) electrons. The van der Waals surface area contributed by atoms with Gasteiger partial charge < -0.3 is 14.8 Å². The third-order valence-corrected chi connectivity index (χ3v) is 4.80. The molecule has 0 aliphatic carbocycles. The van der Waals surface area contributed by atoms with Crippen LogP contribution < -0.4 is 10.1 Å². The molecule has 1 atom stereocenters. The fourth-order valence-corrected chi connectivity index (χ4v) is 2.79. The van der Waals surface area contributed by atoms with E-state index >= 15 is 0 Å². The molecule has 5 nitrogen and oxygen atoms in total. The van der Waals surface area contributed by atoms with Gasteiger partial charge in [0.25, 0.3) is 5.91 Å². The van der Waals surface area contributed by atoms with Crippen LogP contribution in [0.1, 0.15) is 48.5 Å². The lowest BCUT2D eigenvalue weighted by Crippen LogP contribution is -2.45. The van der Waals surface area contributed by atoms with Crippen LogP contribution in [-0.4, -0.2) is 24.5 Å². The average molecular weight is 361 g/mol. The maximum absolute atomic E-state index is 12.9. The van der Waals surface area contributed by atoms with Crippen molar-refractivity contribution >= 4 is 23.2 Å². The molecule has 1 unspecified atom stereocenters. The van der Waals surface area contributed by atoms with Gasteiger partial charge in [-0.1, -0.05) is 31.2 Å². The van der Waals surface area contributed by atoms with Gasteiger partial charge >= 0.3 is 5.97 Å². The highest BCUT2D eigenvalue weighted by Crippen LogP contribution is 2.29. The normalized spacial score (nSPS) is 12.3. The van der Waals surface area contributed by atoms with Crippen molar-refractivity contribution < 1.29 is 19.1 Å². The lowest BCUT2D eigenvalue weighted by molar-refractivity contribution is -0.132. The SMILES string of the molecule is CCC(C)(C)NC(=O)C(OC(=O)c1cccs1)c1ccccc1OC. The van der Waals surface area contributed by atoms with E-state index in [1.165, 1.54) is 18.4 Å². The summed E-state index contributed by atoms with van der Waals surface area (Å²) >= 11 is 1.27. The van der Waals surface area contributed by atoms with Gasteiger partial charge in [0.2, 0.25) is 6.10 Å². The summed E-state index contributed by atoms with van der Waals surface area (Å²) in [4.78, 5) is 25.7. The molecule has 2 aromatic rings. The fraction of sp³-hybridized carbons (Fsp3) is 0.368. The van der Waals surface area contributed by atoms with Gasteiger partial charge in [0.05, 0.1) is 7.11 Å². The Bertz CT molecular complexity index is 725. The minimum Gasteiger partial charge on any atom is -0.496 e. The van der Waals surface area contributed by atoms with Crippen LogP contribution in [0.4, 0.5) is 0 Å². The Kier molecular flexibility index (Phi) is 6.20. The van der Waals surface area contributed by atoms with Crippen molar-refractivity contribution in [2.45, 2.75) is 38.8 Å². The summed E-state index contributed by atoms with van der Waals surface area (Å²) in [5.74, 6) is -0.410. The number of thiophene rings is 1. The summed E-state index contributed by atoms with van der Waals surface area (Å²) in [5.41, 5.74) is 0.103. The van der Waals surface area contributed by atoms with E-state index in [1.54, 1.807) is 41.8 Å². The molecule has 0 saturated carbocycles. The number of ether oxygens (including phenoxy) is 2. The summed E-state index contributed by atoms with van der Waals surface area (Å²) in [6.45, 7) is 5.83. The number of rotatable bonds is 7. The number of nitrogens with one attached hydrogen (secondary N) is 1. The third-order valence-electron chi connectivity index (χ3n) is 3.95. The monoisotopic (exact) mass is 361 g/mol. The third kappa shape index (κ3) is 4.82. The number of para-hydroxylation sites is 1. The first-order valence-electron chi connectivity index (χ1n) is 8.07. The molecular weight excluding hydrogens is 338 g/mol. The number of amides is 1. The van der Waals surface area contributed by atoms with Crippen LogP contribution in [0.25, 0.3) is 0 Å². The van der Waals surface area contributed by atoms with Crippen molar-refractivity contribution in [1.82, 2.24) is 5.32 Å². The Labute approximate surface area is 152 Å². The molecule has 1 aromatic heterocycles. The number of hydrogen-bond acceptors (Lipinski definition) is 5. The second-order valence-electron chi connectivity index (χ2n) is 6.23. The fourth-order valence-electron chi connectivity index (χ4n) is 2.19. The van der Waals surface area contributed by atoms with Crippen molar-refractivity contribution in [3.05, 3.63) is 52.2 Å². The van der Waals surface area contributed by atoms with E-state index in [2.05, 4.69) is 5.32 Å². The molecule has 6 heteroatoms. The number of benzene rings is 1. The summed E-state index contributed by atoms with van der Waals surface area (Å²) < 4.78 is 10.9. The summed E-state index contributed by atoms with van der Waals surface area (Å²) in [6.07, 6.45) is -0.340. The molecule has 0 aliphatic heterocycles. The molecular formula is C19H23NO4S. The molecule has 0 bridgehead atoms. The molecule has 0 aliphatic rings. The summed E-state index contributed by atoms with van der Waals surface area (Å²) in [7, 11) is 1.52. The van der Waals surface area contributed by atoms with E-state index < -0.39 is 17.6 Å². The summed E-state index contributed by atoms with van der Waals surface area (Å²) in [6, 6.07) is 10.5. The first kappa shape index (κ1) is 19.0. The smallest absolute Gasteiger partial charge is 0.349 e. The highest BCUT2D eigenvalue weighted by atomic mass is 32.1. The number of methoxy groups -OCH3 is 1. The standard InChI is InChI=1S/C19H23NO4S/c1-5-19(2,3)20-17(21)16(13-9-6-7-10-14(13)23-4)24-18(22)15-11-8-12-25-15/h6-12,16H,5H2,1-4H3,(H,20,21). The van der Waals surface area contributed by atoms with E-state index in [1.807, 2.05) is 20.8 Å². The maximum atomic E-state index is 12.9. The summed E-state index contributed by atoms with van der Waals surface area (Å²) in [5, 5.41) is 4.72. The Morgan fingerprint density at radius 3 is 2.52 bits per heavy atom. The second kappa shape index (κ2) is 8.16. The molecule has 0 spiro atoms. The van der Waals surface area contributed by atoms with Crippen molar-refractivity contribution in [3.63, 3.8) is 0 Å². The quantitative estimate of drug-likeness (QED) is 0.758. The van der Waals surface area contributed by atoms with E-state index in [0.29, 0.717) is 16.2 Å². The van der Waals surface area contributed by atoms with E-state index in [9.17, 15) is 9.59 Å². The molecule has 1 N–H and O–H groups in total. The minimum atomic E-state index is -1.09. The van der Waals surface area contributed by atoms with Gasteiger partial charge in [-0.2, -0.15) is 0 Å². The van der Waals surface area contributed by atoms with Gasteiger partial charge in [-0.15, -0.1) is 11.3 Å². The van der Waals surface area contributed by atoms with E-state index in [4.69, 9.17) is 9.47 Å². The maximum Gasteiger partial charge on any atom is 0.349 e. The zero-order chi connectivity index (χ0) is 18.4. The lowest BCUT2D eigenvalue weighted by atomic mass is 10.00. The van der Waals surface area contributed by atoms with Gasteiger partial charge in [-0.3, -0.25) is 4.79 Å². The molecule has 1 aromatic carbocycles. The van der Waals surface area contributed by atoms with Gasteiger partial charge in [-0.05, 0) is 37.8 Å². The molecule has 1 heterocycles. The molecule has 0 fully saturated rings. The van der Waals surface area contributed by atoms with Crippen LogP contribution in [-0.2, 0) is 9.53 Å². The van der Waals surface area contributed by atoms with Crippen LogP contribution in [0.15, 0.2) is 41.8 Å². The average Bonchev–Trinajstić information content (AvgIpc) is 3.13. The predicted octanol–water partition coefficient (Wildman–Crippen LogP) is 3.96. The first-order valence-corrected chi connectivity index (χ1v) is 8.95. The molecule has 134 valence electrons. The molecule has 25 heavy (non-hydrogen) atoms. The Hall–Kier alpha value is -2.34. The second-order valence-corrected chi connectivity index (χ2v) is 7.18. The van der Waals surface area contributed by atoms with Crippen molar-refractivity contribution in [2.75, 3.05) is 7.11 Å². The number of esters is 1. The van der Waals surface area contributed by atoms with Gasteiger partial charge in [-0.25, -0.2) is 4.79 Å². The Morgan fingerprint density at radius 1 is 1.20 bits per heavy atom. The molecule has 2 rings (SSSR count). The van der Waals surface area contributed by atoms with Crippen molar-refractivity contribution in [2.24, 2.45) is 0 Å². The van der Waals surface area contributed by atoms with Gasteiger partial charge in [0.15, 0.2) is 0 Å². The highest BCUT2D eigenvalue weighted by molar-refractivity contribution is 7.11. The van der Waals surface area contributed by atoms with Crippen LogP contribution in [0.3, 0.4) is 0 Å². The minimum absolute atomic E-state index is 0.374. The van der Waals surface area contributed by atoms with Gasteiger partial charge in [0, 0.05) is 11.1 Å². The lowest BCUT2D eigenvalue weighted by Gasteiger charge is -2.28. The largest absolute Gasteiger partial charge is 0.496 e. The topological polar surface area (TPSA) is 64.6 Å². The Balaban J connectivity index is 2.34. The molecule has 1 amide bonds. The first-order chi connectivity index (χ1) is 11.9. The van der Waals surface area contributed by atoms with Crippen LogP contribution in [0.2, 0.25) is 0 Å². The van der Waals surface area contributed by atoms with Crippen LogP contribution >= 0.6 is 11.3 Å². The van der Waals surface area contributed by atoms with E-state index in [-0.39, 0.29) is 5.91 Å². The number of hydrogen-bond donors (Lipinski definition) is 1. The number of carbonyl (C=O) groups excluding carboxylic acids is 2. The van der Waals surface area contributed by atoms with Crippen LogP contribution in [0, 0.1) is 0 Å². The zero-order valence-electron chi connectivity index (χ0n) is 14.9. The van der Waals surface area contributed by atoms with Crippen molar-refractivity contribution in [3.8, 4) is 5.75 Å². The molecule has 0 saturated heterocycles.